The average molecular weight is 435 g/mol. The minimum Gasteiger partial charge on any atom is -0.322 e. The summed E-state index contributed by atoms with van der Waals surface area (Å²) >= 11 is 5.96. The van der Waals surface area contributed by atoms with Gasteiger partial charge >= 0.3 is 5.69 Å². The summed E-state index contributed by atoms with van der Waals surface area (Å²) in [6, 6.07) is 13.8. The number of hydrogen-bond donors (Lipinski definition) is 1. The summed E-state index contributed by atoms with van der Waals surface area (Å²) in [5, 5.41) is 0.710. The fourth-order valence-corrected chi connectivity index (χ4v) is 3.62. The number of fused-ring (bicyclic) bond motifs is 2. The first-order chi connectivity index (χ1) is 14.9. The molecule has 2 aromatic carbocycles. The number of rotatable bonds is 5. The molecule has 0 amide bonds. The number of hydrogen-bond acceptors (Lipinski definition) is 4. The highest BCUT2D eigenvalue weighted by atomic mass is 35.5. The molecule has 0 fully saturated rings. The Morgan fingerprint density at radius 2 is 1.77 bits per heavy atom. The molecule has 1 N–H and O–H groups in total. The molecule has 0 saturated heterocycles. The monoisotopic (exact) mass is 434 g/mol. The Bertz CT molecular complexity index is 1300. The van der Waals surface area contributed by atoms with Crippen LogP contribution in [0.2, 0.25) is 5.02 Å². The minimum absolute atomic E-state index is 0.185. The predicted octanol–water partition coefficient (Wildman–Crippen LogP) is 4.24. The molecule has 2 aromatic rings. The van der Waals surface area contributed by atoms with Crippen LogP contribution in [0.15, 0.2) is 52.1 Å². The molecule has 0 saturated carbocycles. The molecule has 7 heteroatoms. The van der Waals surface area contributed by atoms with Crippen LogP contribution in [0, 0.1) is 12.8 Å². The molecule has 0 radical (unpaired) electrons. The van der Waals surface area contributed by atoms with Crippen molar-refractivity contribution in [3.63, 3.8) is 0 Å². The Balaban J connectivity index is 0.00000132. The third-order valence-corrected chi connectivity index (χ3v) is 5.31. The van der Waals surface area contributed by atoms with Crippen molar-refractivity contribution in [2.75, 3.05) is 0 Å². The largest absolute Gasteiger partial charge is 0.349 e. The van der Waals surface area contributed by atoms with Gasteiger partial charge in [0, 0.05) is 11.6 Å². The van der Waals surface area contributed by atoms with E-state index in [0.29, 0.717) is 23.3 Å². The van der Waals surface area contributed by atoms with E-state index in [1.54, 1.807) is 0 Å². The lowest BCUT2D eigenvalue weighted by Gasteiger charge is -2.17. The molecule has 0 unspecified atom stereocenters. The maximum absolute atomic E-state index is 12.4. The van der Waals surface area contributed by atoms with Gasteiger partial charge in [-0.1, -0.05) is 43.6 Å². The van der Waals surface area contributed by atoms with Gasteiger partial charge in [-0.3, -0.25) is 9.78 Å². The second-order valence-corrected chi connectivity index (χ2v) is 7.88. The third kappa shape index (κ3) is 4.84. The summed E-state index contributed by atoms with van der Waals surface area (Å²) in [6.45, 7) is 4.83. The Hall–Kier alpha value is -3.43. The van der Waals surface area contributed by atoms with Crippen molar-refractivity contribution < 1.29 is 0 Å². The van der Waals surface area contributed by atoms with Crippen LogP contribution in [-0.2, 0) is 13.0 Å². The van der Waals surface area contributed by atoms with Gasteiger partial charge in [0.25, 0.3) is 5.56 Å². The SMILES string of the molecule is C#C.CC(C)c1ccc2c(c1)nc1c(=O)[nH]c(=O)nc-1n2CCCc1ccc(Cl)cc1. The molecule has 0 aliphatic carbocycles. The molecule has 6 nitrogen and oxygen atoms in total. The van der Waals surface area contributed by atoms with Crippen molar-refractivity contribution >= 4 is 22.6 Å². The lowest BCUT2D eigenvalue weighted by molar-refractivity contribution is 0.648. The van der Waals surface area contributed by atoms with Gasteiger partial charge in [-0.15, -0.1) is 12.8 Å². The molecule has 0 aromatic heterocycles. The molecular weight excluding hydrogens is 412 g/mol. The average Bonchev–Trinajstić information content (AvgIpc) is 2.76. The number of terminal acetylenes is 1. The maximum atomic E-state index is 12.4. The first kappa shape index (κ1) is 22.3. The van der Waals surface area contributed by atoms with Gasteiger partial charge in [-0.05, 0) is 54.2 Å². The summed E-state index contributed by atoms with van der Waals surface area (Å²) in [5.41, 5.74) is 2.91. The highest BCUT2D eigenvalue weighted by Crippen LogP contribution is 2.25. The van der Waals surface area contributed by atoms with Crippen LogP contribution in [-0.4, -0.2) is 19.5 Å². The molecular formula is C24H23ClN4O2. The van der Waals surface area contributed by atoms with Gasteiger partial charge < -0.3 is 4.57 Å². The molecule has 158 valence electrons. The molecule has 4 rings (SSSR count). The summed E-state index contributed by atoms with van der Waals surface area (Å²) in [4.78, 5) is 35.0. The highest BCUT2D eigenvalue weighted by molar-refractivity contribution is 6.30. The molecule has 0 atom stereocenters. The molecule has 31 heavy (non-hydrogen) atoms. The van der Waals surface area contributed by atoms with Gasteiger partial charge in [0.1, 0.15) is 0 Å². The van der Waals surface area contributed by atoms with Crippen molar-refractivity contribution in [1.82, 2.24) is 19.5 Å². The Labute approximate surface area is 185 Å². The normalized spacial score (nSPS) is 10.9. The topological polar surface area (TPSA) is 80.6 Å². The van der Waals surface area contributed by atoms with Crippen molar-refractivity contribution in [3.05, 3.63) is 79.5 Å². The predicted molar refractivity (Wildman–Crippen MR) is 125 cm³/mol. The van der Waals surface area contributed by atoms with Crippen LogP contribution < -0.4 is 11.2 Å². The molecule has 0 bridgehead atoms. The van der Waals surface area contributed by atoms with E-state index >= 15 is 0 Å². The fourth-order valence-electron chi connectivity index (χ4n) is 3.49. The quantitative estimate of drug-likeness (QED) is 0.376. The van der Waals surface area contributed by atoms with Crippen molar-refractivity contribution in [1.29, 1.82) is 0 Å². The van der Waals surface area contributed by atoms with Gasteiger partial charge in [0.15, 0.2) is 11.5 Å². The Morgan fingerprint density at radius 1 is 1.06 bits per heavy atom. The van der Waals surface area contributed by atoms with E-state index in [1.807, 2.05) is 41.0 Å². The van der Waals surface area contributed by atoms with Crippen LogP contribution in [0.5, 0.6) is 0 Å². The number of halogens is 1. The molecule has 2 aliphatic heterocycles. The van der Waals surface area contributed by atoms with Gasteiger partial charge in [0.2, 0.25) is 0 Å². The van der Waals surface area contributed by atoms with E-state index in [0.717, 1.165) is 29.4 Å². The summed E-state index contributed by atoms with van der Waals surface area (Å²) in [7, 11) is 0. The standard InChI is InChI=1S/C22H21ClN4O2.C2H2/c1-13(2)15-7-10-18-17(12-15)24-19-20(25-22(29)26-21(19)28)27(18)11-3-4-14-5-8-16(23)9-6-14;1-2/h5-10,12-13H,3-4,11H2,1-2H3,(H,26,28,29);1-2H. The van der Waals surface area contributed by atoms with Crippen LogP contribution in [0.25, 0.3) is 22.6 Å². The maximum Gasteiger partial charge on any atom is 0.349 e. The Kier molecular flexibility index (Phi) is 6.88. The number of aryl methyl sites for hydroxylation is 2. The second-order valence-electron chi connectivity index (χ2n) is 7.44. The van der Waals surface area contributed by atoms with E-state index in [1.165, 1.54) is 5.56 Å². The lowest BCUT2D eigenvalue weighted by atomic mass is 10.0. The van der Waals surface area contributed by atoms with Crippen molar-refractivity contribution in [2.45, 2.75) is 39.2 Å². The number of aromatic nitrogens is 4. The second kappa shape index (κ2) is 9.59. The number of nitrogens with zero attached hydrogens (tertiary/aromatic N) is 3. The van der Waals surface area contributed by atoms with E-state index in [2.05, 4.69) is 47.7 Å². The molecule has 0 spiro atoms. The van der Waals surface area contributed by atoms with E-state index in [-0.39, 0.29) is 5.69 Å². The first-order valence-corrected chi connectivity index (χ1v) is 10.3. The van der Waals surface area contributed by atoms with Crippen molar-refractivity contribution in [3.8, 4) is 24.4 Å². The zero-order valence-electron chi connectivity index (χ0n) is 17.4. The number of nitrogens with one attached hydrogen (secondary N) is 1. The summed E-state index contributed by atoms with van der Waals surface area (Å²) in [5.74, 6) is 0.662. The first-order valence-electron chi connectivity index (χ1n) is 9.94. The van der Waals surface area contributed by atoms with E-state index < -0.39 is 11.2 Å². The van der Waals surface area contributed by atoms with Gasteiger partial charge in [-0.2, -0.15) is 4.98 Å². The molecule has 2 aliphatic rings. The third-order valence-electron chi connectivity index (χ3n) is 5.06. The number of H-pyrrole nitrogens is 1. The molecule has 2 heterocycles. The van der Waals surface area contributed by atoms with Crippen LogP contribution >= 0.6 is 11.6 Å². The number of aromatic amines is 1. The van der Waals surface area contributed by atoms with Gasteiger partial charge in [-0.25, -0.2) is 9.78 Å². The summed E-state index contributed by atoms with van der Waals surface area (Å²) in [6.07, 6.45) is 9.65. The fraction of sp³-hybridized carbons (Fsp3) is 0.250. The van der Waals surface area contributed by atoms with Crippen LogP contribution in [0.1, 0.15) is 37.3 Å². The Morgan fingerprint density at radius 3 is 2.45 bits per heavy atom. The highest BCUT2D eigenvalue weighted by Gasteiger charge is 2.19. The zero-order valence-corrected chi connectivity index (χ0v) is 18.2. The van der Waals surface area contributed by atoms with Crippen LogP contribution in [0.3, 0.4) is 0 Å². The van der Waals surface area contributed by atoms with Gasteiger partial charge in [0.05, 0.1) is 11.0 Å². The summed E-state index contributed by atoms with van der Waals surface area (Å²) < 4.78 is 1.92. The smallest absolute Gasteiger partial charge is 0.322 e. The van der Waals surface area contributed by atoms with E-state index in [4.69, 9.17) is 11.6 Å². The zero-order chi connectivity index (χ0) is 22.5. The van der Waals surface area contributed by atoms with E-state index in [9.17, 15) is 9.59 Å². The number of benzene rings is 2. The van der Waals surface area contributed by atoms with Crippen LogP contribution in [0.4, 0.5) is 0 Å². The lowest BCUT2D eigenvalue weighted by Crippen LogP contribution is -2.29. The van der Waals surface area contributed by atoms with Crippen molar-refractivity contribution in [2.24, 2.45) is 0 Å². The minimum atomic E-state index is -0.658.